The van der Waals surface area contributed by atoms with Gasteiger partial charge in [0.15, 0.2) is 0 Å². The molecule has 2 aromatic carbocycles. The average molecular weight is 324 g/mol. The number of rotatable bonds is 4. The maximum Gasteiger partial charge on any atom is 0.416 e. The first-order valence-corrected chi connectivity index (χ1v) is 7.33. The quantitative estimate of drug-likeness (QED) is 0.875. The van der Waals surface area contributed by atoms with Gasteiger partial charge in [0, 0.05) is 0 Å². The molecule has 0 aliphatic carbocycles. The number of aryl methyl sites for hydroxylation is 1. The molecule has 0 radical (unpaired) electrons. The zero-order valence-corrected chi connectivity index (χ0v) is 13.2. The zero-order chi connectivity index (χ0) is 17.2. The van der Waals surface area contributed by atoms with Crippen molar-refractivity contribution in [3.8, 4) is 5.75 Å². The summed E-state index contributed by atoms with van der Waals surface area (Å²) in [5, 5.41) is 10.6. The lowest BCUT2D eigenvalue weighted by Gasteiger charge is -2.20. The van der Waals surface area contributed by atoms with Gasteiger partial charge in [-0.2, -0.15) is 13.2 Å². The van der Waals surface area contributed by atoms with Gasteiger partial charge in [0.25, 0.3) is 0 Å². The summed E-state index contributed by atoms with van der Waals surface area (Å²) in [7, 11) is 0. The largest absolute Gasteiger partial charge is 0.494 e. The van der Waals surface area contributed by atoms with Crippen LogP contribution in [0.25, 0.3) is 0 Å². The summed E-state index contributed by atoms with van der Waals surface area (Å²) < 4.78 is 44.2. The summed E-state index contributed by atoms with van der Waals surface area (Å²) >= 11 is 0. The molecule has 124 valence electrons. The van der Waals surface area contributed by atoms with Gasteiger partial charge >= 0.3 is 6.18 Å². The minimum absolute atomic E-state index is 0.247. The molecule has 2 aromatic rings. The number of hydrogen-bond donors (Lipinski definition) is 1. The first-order chi connectivity index (χ1) is 10.8. The van der Waals surface area contributed by atoms with Crippen molar-refractivity contribution in [2.24, 2.45) is 0 Å². The number of hydrogen-bond acceptors (Lipinski definition) is 2. The van der Waals surface area contributed by atoms with Crippen molar-refractivity contribution in [3.05, 3.63) is 64.2 Å². The summed E-state index contributed by atoms with van der Waals surface area (Å²) in [5.74, 6) is 0.619. The molecule has 0 aliphatic heterocycles. The van der Waals surface area contributed by atoms with Crippen molar-refractivity contribution >= 4 is 0 Å². The van der Waals surface area contributed by atoms with Crippen molar-refractivity contribution in [3.63, 3.8) is 0 Å². The Morgan fingerprint density at radius 1 is 1.09 bits per heavy atom. The van der Waals surface area contributed by atoms with E-state index in [1.807, 2.05) is 6.92 Å². The van der Waals surface area contributed by atoms with E-state index in [4.69, 9.17) is 4.74 Å². The topological polar surface area (TPSA) is 29.5 Å². The Morgan fingerprint density at radius 3 is 2.39 bits per heavy atom. The molecular formula is C18H19F3O2. The van der Waals surface area contributed by atoms with Crippen LogP contribution in [-0.4, -0.2) is 11.7 Å². The SMILES string of the molecule is CCOc1cccc(C(O)c2cc(C(F)(F)F)ccc2C)c1C. The molecule has 0 bridgehead atoms. The first kappa shape index (κ1) is 17.3. The van der Waals surface area contributed by atoms with E-state index in [0.29, 0.717) is 23.5 Å². The Morgan fingerprint density at radius 2 is 1.78 bits per heavy atom. The second-order valence-electron chi connectivity index (χ2n) is 5.38. The lowest BCUT2D eigenvalue weighted by atomic mass is 9.92. The van der Waals surface area contributed by atoms with Gasteiger partial charge in [-0.3, -0.25) is 0 Å². The highest BCUT2D eigenvalue weighted by atomic mass is 19.4. The van der Waals surface area contributed by atoms with Gasteiger partial charge in [0.1, 0.15) is 11.9 Å². The van der Waals surface area contributed by atoms with Crippen LogP contribution < -0.4 is 4.74 Å². The molecule has 23 heavy (non-hydrogen) atoms. The van der Waals surface area contributed by atoms with Crippen LogP contribution in [0.15, 0.2) is 36.4 Å². The van der Waals surface area contributed by atoms with E-state index in [0.717, 1.165) is 17.7 Å². The lowest BCUT2D eigenvalue weighted by molar-refractivity contribution is -0.137. The van der Waals surface area contributed by atoms with Crippen LogP contribution >= 0.6 is 0 Å². The fourth-order valence-electron chi connectivity index (χ4n) is 2.52. The van der Waals surface area contributed by atoms with Gasteiger partial charge in [-0.05, 0) is 61.2 Å². The first-order valence-electron chi connectivity index (χ1n) is 7.33. The van der Waals surface area contributed by atoms with Crippen LogP contribution in [0.4, 0.5) is 13.2 Å². The number of halogens is 3. The molecule has 1 atom stereocenters. The van der Waals surface area contributed by atoms with E-state index in [-0.39, 0.29) is 5.56 Å². The number of aliphatic hydroxyl groups excluding tert-OH is 1. The normalized spacial score (nSPS) is 13.0. The molecule has 0 fully saturated rings. The third-order valence-corrected chi connectivity index (χ3v) is 3.82. The Balaban J connectivity index is 2.49. The van der Waals surface area contributed by atoms with Crippen molar-refractivity contribution in [2.75, 3.05) is 6.61 Å². The molecule has 0 amide bonds. The minimum atomic E-state index is -4.44. The maximum atomic E-state index is 12.9. The fraction of sp³-hybridized carbons (Fsp3) is 0.333. The van der Waals surface area contributed by atoms with Gasteiger partial charge in [0.2, 0.25) is 0 Å². The Bertz CT molecular complexity index is 693. The van der Waals surface area contributed by atoms with Crippen LogP contribution in [0, 0.1) is 13.8 Å². The molecule has 0 aromatic heterocycles. The minimum Gasteiger partial charge on any atom is -0.494 e. The molecule has 2 nitrogen and oxygen atoms in total. The van der Waals surface area contributed by atoms with Gasteiger partial charge in [-0.25, -0.2) is 0 Å². The van der Waals surface area contributed by atoms with E-state index < -0.39 is 17.8 Å². The van der Waals surface area contributed by atoms with E-state index in [9.17, 15) is 18.3 Å². The Kier molecular flexibility index (Phi) is 5.00. The maximum absolute atomic E-state index is 12.9. The summed E-state index contributed by atoms with van der Waals surface area (Å²) in [6, 6.07) is 8.60. The van der Waals surface area contributed by atoms with Crippen molar-refractivity contribution in [1.29, 1.82) is 0 Å². The summed E-state index contributed by atoms with van der Waals surface area (Å²) in [6.07, 6.45) is -5.58. The Labute approximate surface area is 133 Å². The molecular weight excluding hydrogens is 305 g/mol. The lowest BCUT2D eigenvalue weighted by Crippen LogP contribution is -2.10. The van der Waals surface area contributed by atoms with Crippen LogP contribution in [0.2, 0.25) is 0 Å². The predicted molar refractivity (Wildman–Crippen MR) is 82.6 cm³/mol. The van der Waals surface area contributed by atoms with Crippen molar-refractivity contribution in [1.82, 2.24) is 0 Å². The highest BCUT2D eigenvalue weighted by Crippen LogP contribution is 2.35. The van der Waals surface area contributed by atoms with Crippen LogP contribution in [-0.2, 0) is 6.18 Å². The highest BCUT2D eigenvalue weighted by molar-refractivity contribution is 5.46. The fourth-order valence-corrected chi connectivity index (χ4v) is 2.52. The van der Waals surface area contributed by atoms with Crippen molar-refractivity contribution < 1.29 is 23.0 Å². The summed E-state index contributed by atoms with van der Waals surface area (Å²) in [5.41, 5.74) is 1.34. The molecule has 0 saturated heterocycles. The summed E-state index contributed by atoms with van der Waals surface area (Å²) in [6.45, 7) is 5.79. The van der Waals surface area contributed by atoms with E-state index in [2.05, 4.69) is 0 Å². The number of benzene rings is 2. The third-order valence-electron chi connectivity index (χ3n) is 3.82. The number of alkyl halides is 3. The molecule has 0 aliphatic rings. The second kappa shape index (κ2) is 6.62. The second-order valence-corrected chi connectivity index (χ2v) is 5.38. The van der Waals surface area contributed by atoms with Crippen LogP contribution in [0.1, 0.15) is 40.8 Å². The van der Waals surface area contributed by atoms with E-state index in [1.165, 1.54) is 6.07 Å². The van der Waals surface area contributed by atoms with Gasteiger partial charge in [-0.1, -0.05) is 18.2 Å². The van der Waals surface area contributed by atoms with Crippen LogP contribution in [0.3, 0.4) is 0 Å². The molecule has 5 heteroatoms. The monoisotopic (exact) mass is 324 g/mol. The highest BCUT2D eigenvalue weighted by Gasteiger charge is 2.31. The molecule has 1 unspecified atom stereocenters. The number of aliphatic hydroxyl groups is 1. The van der Waals surface area contributed by atoms with E-state index in [1.54, 1.807) is 32.0 Å². The molecule has 2 rings (SSSR count). The average Bonchev–Trinajstić information content (AvgIpc) is 2.48. The number of ether oxygens (including phenoxy) is 1. The standard InChI is InChI=1S/C18H19F3O2/c1-4-23-16-7-5-6-14(12(16)3)17(22)15-10-13(18(19,20)21)9-8-11(15)2/h5-10,17,22H,4H2,1-3H3. The summed E-state index contributed by atoms with van der Waals surface area (Å²) in [4.78, 5) is 0. The predicted octanol–water partition coefficient (Wildman–Crippen LogP) is 4.80. The molecule has 0 spiro atoms. The smallest absolute Gasteiger partial charge is 0.416 e. The van der Waals surface area contributed by atoms with Crippen LogP contribution in [0.5, 0.6) is 5.75 Å². The van der Waals surface area contributed by atoms with Gasteiger partial charge < -0.3 is 9.84 Å². The van der Waals surface area contributed by atoms with Gasteiger partial charge in [-0.15, -0.1) is 0 Å². The Hall–Kier alpha value is -2.01. The molecule has 0 heterocycles. The van der Waals surface area contributed by atoms with Crippen molar-refractivity contribution in [2.45, 2.75) is 33.1 Å². The van der Waals surface area contributed by atoms with Gasteiger partial charge in [0.05, 0.1) is 12.2 Å². The zero-order valence-electron chi connectivity index (χ0n) is 13.2. The molecule has 1 N–H and O–H groups in total. The van der Waals surface area contributed by atoms with E-state index >= 15 is 0 Å². The third kappa shape index (κ3) is 3.67. The molecule has 0 saturated carbocycles.